The van der Waals surface area contributed by atoms with E-state index in [0.29, 0.717) is 38.2 Å². The van der Waals surface area contributed by atoms with Crippen molar-refractivity contribution in [2.24, 2.45) is 11.7 Å². The highest BCUT2D eigenvalue weighted by Crippen LogP contribution is 2.44. The second kappa shape index (κ2) is 10.0. The van der Waals surface area contributed by atoms with Gasteiger partial charge in [0.15, 0.2) is 6.10 Å². The zero-order valence-corrected chi connectivity index (χ0v) is 19.5. The number of rotatable bonds is 5. The van der Waals surface area contributed by atoms with E-state index in [1.54, 1.807) is 36.2 Å². The zero-order chi connectivity index (χ0) is 25.0. The van der Waals surface area contributed by atoms with Crippen LogP contribution in [-0.4, -0.2) is 65.5 Å². The van der Waals surface area contributed by atoms with Gasteiger partial charge in [-0.1, -0.05) is 48.5 Å². The maximum atomic E-state index is 13.4. The summed E-state index contributed by atoms with van der Waals surface area (Å²) in [7, 11) is 1.60. The number of amides is 5. The molecule has 0 unspecified atom stereocenters. The number of primary amides is 1. The third kappa shape index (κ3) is 4.91. The normalized spacial score (nSPS) is 21.0. The molecule has 0 aliphatic carbocycles. The average molecular weight is 480 g/mol. The first kappa shape index (κ1) is 24.1. The van der Waals surface area contributed by atoms with E-state index in [1.807, 2.05) is 36.4 Å². The summed E-state index contributed by atoms with van der Waals surface area (Å²) in [5.74, 6) is -1.91. The summed E-state index contributed by atoms with van der Waals surface area (Å²) >= 11 is 0. The van der Waals surface area contributed by atoms with E-state index in [0.717, 1.165) is 5.56 Å². The number of para-hydroxylation sites is 1. The number of nitrogens with one attached hydrogen (secondary N) is 2. The molecule has 4 rings (SSSR count). The highest BCUT2D eigenvalue weighted by molar-refractivity contribution is 6.01. The van der Waals surface area contributed by atoms with Crippen LogP contribution in [0.15, 0.2) is 60.7 Å². The minimum atomic E-state index is -1.33. The first-order valence-corrected chi connectivity index (χ1v) is 11.5. The second-order valence-corrected chi connectivity index (χ2v) is 8.82. The van der Waals surface area contributed by atoms with E-state index in [2.05, 4.69) is 10.6 Å². The Hall–Kier alpha value is -4.08. The van der Waals surface area contributed by atoms with Crippen LogP contribution in [0.1, 0.15) is 18.4 Å². The topological polar surface area (TPSA) is 134 Å². The maximum Gasteiger partial charge on any atom is 0.405 e. The Morgan fingerprint density at radius 2 is 1.63 bits per heavy atom. The number of hydrogen-bond acceptors (Lipinski definition) is 5. The Morgan fingerprint density at radius 1 is 1.03 bits per heavy atom. The zero-order valence-electron chi connectivity index (χ0n) is 19.5. The molecule has 10 heteroatoms. The van der Waals surface area contributed by atoms with Gasteiger partial charge in [-0.3, -0.25) is 9.59 Å². The van der Waals surface area contributed by atoms with E-state index < -0.39 is 35.5 Å². The Morgan fingerprint density at radius 3 is 2.23 bits per heavy atom. The van der Waals surface area contributed by atoms with Gasteiger partial charge in [-0.25, -0.2) is 9.59 Å². The summed E-state index contributed by atoms with van der Waals surface area (Å²) in [6.07, 6.45) is -1.76. The lowest BCUT2D eigenvalue weighted by atomic mass is 9.75. The molecule has 0 aromatic heterocycles. The molecule has 184 valence electrons. The molecule has 4 N–H and O–H groups in total. The Bertz CT molecular complexity index is 1090. The van der Waals surface area contributed by atoms with Crippen molar-refractivity contribution in [1.82, 2.24) is 15.1 Å². The standard InChI is InChI=1S/C25H29N5O5/c1-29-22(32)20(35-23(26)33)19(21(31)28-18-10-6-3-7-11-18)25(29)12-14-30(15-13-25)24(34)27-16-17-8-4-2-5-9-17/h2-11,19-20H,12-16H2,1H3,(H2,26,33)(H,27,34)(H,28,31)/t19-,20+/m0/s1. The SMILES string of the molecule is CN1C(=O)[C@H](OC(N)=O)[C@@H](C(=O)Nc2ccccc2)C12CCN(C(=O)NCc1ccccc1)CC2. The van der Waals surface area contributed by atoms with Gasteiger partial charge < -0.3 is 30.9 Å². The van der Waals surface area contributed by atoms with Gasteiger partial charge >= 0.3 is 12.1 Å². The molecule has 35 heavy (non-hydrogen) atoms. The molecule has 0 saturated carbocycles. The van der Waals surface area contributed by atoms with E-state index in [1.165, 1.54) is 4.90 Å². The maximum absolute atomic E-state index is 13.4. The lowest BCUT2D eigenvalue weighted by Gasteiger charge is -2.45. The van der Waals surface area contributed by atoms with Crippen molar-refractivity contribution in [3.05, 3.63) is 66.2 Å². The molecule has 0 bridgehead atoms. The third-order valence-electron chi connectivity index (χ3n) is 6.89. The van der Waals surface area contributed by atoms with Crippen molar-refractivity contribution in [3.8, 4) is 0 Å². The molecule has 2 aliphatic heterocycles. The fourth-order valence-electron chi connectivity index (χ4n) is 5.04. The number of piperidine rings is 1. The molecule has 2 fully saturated rings. The molecule has 2 saturated heterocycles. The van der Waals surface area contributed by atoms with Crippen LogP contribution < -0.4 is 16.4 Å². The quantitative estimate of drug-likeness (QED) is 0.602. The fraction of sp³-hybridized carbons (Fsp3) is 0.360. The van der Waals surface area contributed by atoms with Gasteiger partial charge in [0, 0.05) is 32.4 Å². The highest BCUT2D eigenvalue weighted by Gasteiger charge is 2.62. The number of likely N-dealkylation sites (tertiary alicyclic amines) is 2. The number of hydrogen-bond donors (Lipinski definition) is 3. The van der Waals surface area contributed by atoms with Crippen LogP contribution in [0.4, 0.5) is 15.3 Å². The number of nitrogens with two attached hydrogens (primary N) is 1. The number of ether oxygens (including phenoxy) is 1. The Kier molecular flexibility index (Phi) is 6.90. The minimum Gasteiger partial charge on any atom is -0.435 e. The molecular weight excluding hydrogens is 450 g/mol. The summed E-state index contributed by atoms with van der Waals surface area (Å²) in [6, 6.07) is 18.2. The monoisotopic (exact) mass is 479 g/mol. The number of likely N-dealkylation sites (N-methyl/N-ethyl adjacent to an activating group) is 1. The van der Waals surface area contributed by atoms with Crippen molar-refractivity contribution in [3.63, 3.8) is 0 Å². The smallest absolute Gasteiger partial charge is 0.405 e. The highest BCUT2D eigenvalue weighted by atomic mass is 16.6. The van der Waals surface area contributed by atoms with Crippen LogP contribution in [0.3, 0.4) is 0 Å². The summed E-state index contributed by atoms with van der Waals surface area (Å²) < 4.78 is 5.15. The minimum absolute atomic E-state index is 0.217. The van der Waals surface area contributed by atoms with Crippen LogP contribution in [0, 0.1) is 5.92 Å². The first-order chi connectivity index (χ1) is 16.8. The van der Waals surface area contributed by atoms with Crippen LogP contribution >= 0.6 is 0 Å². The van der Waals surface area contributed by atoms with Gasteiger partial charge in [0.1, 0.15) is 5.92 Å². The molecule has 10 nitrogen and oxygen atoms in total. The molecule has 2 atom stereocenters. The number of urea groups is 1. The number of carbonyl (C=O) groups excluding carboxylic acids is 4. The molecule has 5 amide bonds. The first-order valence-electron chi connectivity index (χ1n) is 11.5. The van der Waals surface area contributed by atoms with Crippen LogP contribution in [0.25, 0.3) is 0 Å². The number of benzene rings is 2. The van der Waals surface area contributed by atoms with Crippen LogP contribution in [-0.2, 0) is 20.9 Å². The van der Waals surface area contributed by atoms with Crippen LogP contribution in [0.2, 0.25) is 0 Å². The van der Waals surface area contributed by atoms with E-state index in [9.17, 15) is 19.2 Å². The molecule has 2 aromatic rings. The summed E-state index contributed by atoms with van der Waals surface area (Å²) in [5, 5.41) is 5.74. The van der Waals surface area contributed by atoms with Gasteiger partial charge in [0.25, 0.3) is 5.91 Å². The van der Waals surface area contributed by atoms with Crippen molar-refractivity contribution >= 4 is 29.6 Å². The van der Waals surface area contributed by atoms with Crippen molar-refractivity contribution in [2.75, 3.05) is 25.5 Å². The van der Waals surface area contributed by atoms with Gasteiger partial charge in [0.2, 0.25) is 5.91 Å². The molecule has 2 heterocycles. The van der Waals surface area contributed by atoms with E-state index in [-0.39, 0.29) is 6.03 Å². The van der Waals surface area contributed by atoms with Crippen molar-refractivity contribution in [2.45, 2.75) is 31.0 Å². The Labute approximate surface area is 203 Å². The average Bonchev–Trinajstić information content (AvgIpc) is 3.05. The Balaban J connectivity index is 1.50. The predicted octanol–water partition coefficient (Wildman–Crippen LogP) is 1.92. The van der Waals surface area contributed by atoms with Gasteiger partial charge in [-0.05, 0) is 30.5 Å². The van der Waals surface area contributed by atoms with E-state index in [4.69, 9.17) is 10.5 Å². The molecule has 1 spiro atoms. The molecular formula is C25H29N5O5. The summed E-state index contributed by atoms with van der Waals surface area (Å²) in [4.78, 5) is 54.0. The predicted molar refractivity (Wildman–Crippen MR) is 128 cm³/mol. The summed E-state index contributed by atoms with van der Waals surface area (Å²) in [6.45, 7) is 1.06. The van der Waals surface area contributed by atoms with Gasteiger partial charge in [0.05, 0.1) is 5.54 Å². The van der Waals surface area contributed by atoms with Gasteiger partial charge in [-0.2, -0.15) is 0 Å². The lowest BCUT2D eigenvalue weighted by Crippen LogP contribution is -2.59. The third-order valence-corrected chi connectivity index (χ3v) is 6.89. The fourth-order valence-corrected chi connectivity index (χ4v) is 5.04. The van der Waals surface area contributed by atoms with Crippen molar-refractivity contribution in [1.29, 1.82) is 0 Å². The summed E-state index contributed by atoms with van der Waals surface area (Å²) in [5.41, 5.74) is 5.85. The number of nitrogens with zero attached hydrogens (tertiary/aromatic N) is 2. The van der Waals surface area contributed by atoms with Gasteiger partial charge in [-0.15, -0.1) is 0 Å². The number of anilines is 1. The second-order valence-electron chi connectivity index (χ2n) is 8.82. The molecule has 2 aromatic carbocycles. The lowest BCUT2D eigenvalue weighted by molar-refractivity contribution is -0.136. The van der Waals surface area contributed by atoms with Crippen molar-refractivity contribution < 1.29 is 23.9 Å². The largest absolute Gasteiger partial charge is 0.435 e. The molecule has 0 radical (unpaired) electrons. The van der Waals surface area contributed by atoms with E-state index >= 15 is 0 Å². The molecule has 2 aliphatic rings. The number of carbonyl (C=O) groups is 4. The van der Waals surface area contributed by atoms with Crippen LogP contribution in [0.5, 0.6) is 0 Å².